The van der Waals surface area contributed by atoms with E-state index in [0.717, 1.165) is 64.8 Å². The highest BCUT2D eigenvalue weighted by Gasteiger charge is 2.31. The molecule has 6 nitrogen and oxygen atoms in total. The van der Waals surface area contributed by atoms with Crippen LogP contribution in [0.1, 0.15) is 38.5 Å². The molecule has 0 aliphatic carbocycles. The fraction of sp³-hybridized carbons (Fsp3) is 0.875. The van der Waals surface area contributed by atoms with E-state index in [9.17, 15) is 9.59 Å². The molecule has 132 valence electrons. The fourth-order valence-corrected chi connectivity index (χ4v) is 3.77. The number of carbonyl (C=O) groups excluding carboxylic acids is 2. The van der Waals surface area contributed by atoms with Crippen LogP contribution in [0.4, 0.5) is 4.79 Å². The van der Waals surface area contributed by atoms with E-state index >= 15 is 0 Å². The Labute approximate surface area is 144 Å². The number of nitrogens with one attached hydrogen (secondary N) is 2. The highest BCUT2D eigenvalue weighted by Crippen LogP contribution is 2.20. The monoisotopic (exact) mass is 344 g/mol. The van der Waals surface area contributed by atoms with Gasteiger partial charge >= 0.3 is 6.03 Å². The van der Waals surface area contributed by atoms with Gasteiger partial charge in [0.15, 0.2) is 0 Å². The summed E-state index contributed by atoms with van der Waals surface area (Å²) in [5, 5.41) is 6.46. The lowest BCUT2D eigenvalue weighted by atomic mass is 9.97. The molecule has 0 radical (unpaired) electrons. The minimum absolute atomic E-state index is 0. The van der Waals surface area contributed by atoms with Crippen LogP contribution >= 0.6 is 12.4 Å². The van der Waals surface area contributed by atoms with Crippen LogP contribution in [-0.4, -0.2) is 67.0 Å². The van der Waals surface area contributed by atoms with Crippen LogP contribution in [0, 0.1) is 5.92 Å². The van der Waals surface area contributed by atoms with Gasteiger partial charge in [-0.2, -0.15) is 0 Å². The summed E-state index contributed by atoms with van der Waals surface area (Å²) in [6.07, 6.45) is 6.38. The molecule has 3 amide bonds. The maximum absolute atomic E-state index is 12.4. The van der Waals surface area contributed by atoms with Gasteiger partial charge in [0.25, 0.3) is 0 Å². The van der Waals surface area contributed by atoms with Gasteiger partial charge < -0.3 is 20.4 Å². The molecule has 23 heavy (non-hydrogen) atoms. The smallest absolute Gasteiger partial charge is 0.320 e. The number of urea groups is 1. The molecular formula is C16H29ClN4O2. The molecule has 0 aromatic carbocycles. The minimum atomic E-state index is -0.0401. The van der Waals surface area contributed by atoms with Crippen LogP contribution < -0.4 is 10.6 Å². The Morgan fingerprint density at radius 3 is 2.43 bits per heavy atom. The molecule has 3 heterocycles. The molecule has 2 unspecified atom stereocenters. The van der Waals surface area contributed by atoms with Crippen LogP contribution in [0.15, 0.2) is 0 Å². The van der Waals surface area contributed by atoms with Crippen LogP contribution in [-0.2, 0) is 4.79 Å². The average molecular weight is 345 g/mol. The van der Waals surface area contributed by atoms with Gasteiger partial charge in [-0.1, -0.05) is 0 Å². The molecule has 0 saturated carbocycles. The maximum atomic E-state index is 12.4. The standard InChI is InChI=1S/C16H28N4O2.ClH/c21-15(18-11-14-6-3-7-17-14)13-5-4-10-20(12-13)16(22)19-8-1-2-9-19;/h13-14,17H,1-12H2,(H,18,21);1H. The van der Waals surface area contributed by atoms with E-state index in [1.54, 1.807) is 0 Å². The highest BCUT2D eigenvalue weighted by atomic mass is 35.5. The largest absolute Gasteiger partial charge is 0.354 e. The number of amides is 3. The second-order valence-electron chi connectivity index (χ2n) is 6.80. The number of piperidine rings is 1. The summed E-state index contributed by atoms with van der Waals surface area (Å²) in [4.78, 5) is 28.6. The first-order valence-electron chi connectivity index (χ1n) is 8.79. The molecule has 7 heteroatoms. The summed E-state index contributed by atoms with van der Waals surface area (Å²) in [7, 11) is 0. The van der Waals surface area contributed by atoms with Crippen molar-refractivity contribution in [3.05, 3.63) is 0 Å². The van der Waals surface area contributed by atoms with Gasteiger partial charge in [0.2, 0.25) is 5.91 Å². The van der Waals surface area contributed by atoms with Gasteiger partial charge in [-0.15, -0.1) is 12.4 Å². The zero-order valence-electron chi connectivity index (χ0n) is 13.8. The van der Waals surface area contributed by atoms with Gasteiger partial charge in [0.05, 0.1) is 5.92 Å². The van der Waals surface area contributed by atoms with E-state index in [-0.39, 0.29) is 30.3 Å². The first kappa shape index (κ1) is 18.3. The normalized spacial score (nSPS) is 27.7. The van der Waals surface area contributed by atoms with Gasteiger partial charge in [0.1, 0.15) is 0 Å². The van der Waals surface area contributed by atoms with Crippen LogP contribution in [0.5, 0.6) is 0 Å². The number of nitrogens with zero attached hydrogens (tertiary/aromatic N) is 2. The third-order valence-electron chi connectivity index (χ3n) is 5.12. The lowest BCUT2D eigenvalue weighted by Gasteiger charge is -2.34. The van der Waals surface area contributed by atoms with Crippen molar-refractivity contribution in [2.45, 2.75) is 44.6 Å². The molecule has 2 atom stereocenters. The Kier molecular flexibility index (Phi) is 6.96. The molecule has 3 aliphatic rings. The predicted molar refractivity (Wildman–Crippen MR) is 91.8 cm³/mol. The third kappa shape index (κ3) is 4.73. The number of likely N-dealkylation sites (tertiary alicyclic amines) is 2. The van der Waals surface area contributed by atoms with E-state index in [0.29, 0.717) is 12.6 Å². The van der Waals surface area contributed by atoms with E-state index < -0.39 is 0 Å². The summed E-state index contributed by atoms with van der Waals surface area (Å²) in [5.41, 5.74) is 0. The van der Waals surface area contributed by atoms with Crippen molar-refractivity contribution in [2.75, 3.05) is 39.3 Å². The van der Waals surface area contributed by atoms with E-state index in [4.69, 9.17) is 0 Å². The van der Waals surface area contributed by atoms with Gasteiger partial charge in [-0.3, -0.25) is 4.79 Å². The quantitative estimate of drug-likeness (QED) is 0.808. The molecule has 3 saturated heterocycles. The molecule has 0 bridgehead atoms. The van der Waals surface area contributed by atoms with Gasteiger partial charge in [0, 0.05) is 38.8 Å². The first-order chi connectivity index (χ1) is 10.7. The summed E-state index contributed by atoms with van der Waals surface area (Å²) >= 11 is 0. The Bertz CT molecular complexity index is 409. The summed E-state index contributed by atoms with van der Waals surface area (Å²) in [6, 6.07) is 0.558. The molecule has 0 aromatic rings. The number of rotatable bonds is 3. The predicted octanol–water partition coefficient (Wildman–Crippen LogP) is 1.20. The third-order valence-corrected chi connectivity index (χ3v) is 5.12. The summed E-state index contributed by atoms with van der Waals surface area (Å²) in [6.45, 7) is 4.90. The van der Waals surface area contributed by atoms with Crippen molar-refractivity contribution in [1.29, 1.82) is 0 Å². The molecule has 3 fully saturated rings. The first-order valence-corrected chi connectivity index (χ1v) is 8.79. The highest BCUT2D eigenvalue weighted by molar-refractivity contribution is 5.85. The molecule has 3 rings (SSSR count). The van der Waals surface area contributed by atoms with Crippen LogP contribution in [0.25, 0.3) is 0 Å². The van der Waals surface area contributed by atoms with Crippen molar-refractivity contribution in [2.24, 2.45) is 5.92 Å². The minimum Gasteiger partial charge on any atom is -0.354 e. The van der Waals surface area contributed by atoms with Crippen molar-refractivity contribution in [3.63, 3.8) is 0 Å². The number of carbonyl (C=O) groups is 2. The number of hydrogen-bond donors (Lipinski definition) is 2. The van der Waals surface area contributed by atoms with Crippen molar-refractivity contribution in [3.8, 4) is 0 Å². The molecule has 2 N–H and O–H groups in total. The van der Waals surface area contributed by atoms with E-state index in [2.05, 4.69) is 10.6 Å². The zero-order chi connectivity index (χ0) is 15.4. The SMILES string of the molecule is Cl.O=C(NCC1CCCN1)C1CCCN(C(=O)N2CCCC2)C1. The van der Waals surface area contributed by atoms with Gasteiger partial charge in [-0.25, -0.2) is 4.79 Å². The van der Waals surface area contributed by atoms with Crippen molar-refractivity contribution >= 4 is 24.3 Å². The molecule has 0 spiro atoms. The Balaban J connectivity index is 0.00000192. The fourth-order valence-electron chi connectivity index (χ4n) is 3.77. The van der Waals surface area contributed by atoms with E-state index in [1.807, 2.05) is 9.80 Å². The van der Waals surface area contributed by atoms with Crippen molar-refractivity contribution < 1.29 is 9.59 Å². The topological polar surface area (TPSA) is 64.7 Å². The average Bonchev–Trinajstić information content (AvgIpc) is 3.25. The number of halogens is 1. The molecule has 0 aromatic heterocycles. The van der Waals surface area contributed by atoms with Crippen LogP contribution in [0.2, 0.25) is 0 Å². The van der Waals surface area contributed by atoms with Crippen LogP contribution in [0.3, 0.4) is 0 Å². The Morgan fingerprint density at radius 2 is 1.74 bits per heavy atom. The summed E-state index contributed by atoms with van der Waals surface area (Å²) in [5.74, 6) is 0.0781. The van der Waals surface area contributed by atoms with E-state index in [1.165, 1.54) is 6.42 Å². The maximum Gasteiger partial charge on any atom is 0.320 e. The lowest BCUT2D eigenvalue weighted by molar-refractivity contribution is -0.126. The molecular weight excluding hydrogens is 316 g/mol. The Morgan fingerprint density at radius 1 is 1.00 bits per heavy atom. The Hall–Kier alpha value is -1.01. The number of hydrogen-bond acceptors (Lipinski definition) is 3. The van der Waals surface area contributed by atoms with Crippen molar-refractivity contribution in [1.82, 2.24) is 20.4 Å². The summed E-state index contributed by atoms with van der Waals surface area (Å²) < 4.78 is 0. The molecule has 3 aliphatic heterocycles. The van der Waals surface area contributed by atoms with Gasteiger partial charge in [-0.05, 0) is 45.1 Å². The second-order valence-corrected chi connectivity index (χ2v) is 6.80. The second kappa shape index (κ2) is 8.73. The zero-order valence-corrected chi connectivity index (χ0v) is 14.6. The lowest BCUT2D eigenvalue weighted by Crippen LogP contribution is -2.50.